The summed E-state index contributed by atoms with van der Waals surface area (Å²) in [5.41, 5.74) is 3.59. The van der Waals surface area contributed by atoms with Crippen molar-refractivity contribution in [1.29, 1.82) is 0 Å². The largest absolute Gasteiger partial charge is 0.507 e. The van der Waals surface area contributed by atoms with Crippen LogP contribution in [0.1, 0.15) is 11.1 Å². The SMILES string of the molecule is COc1cc(Br)ccc1OCC(=O)N/N=C\c1cccc(C)c1O. The Balaban J connectivity index is 1.90. The van der Waals surface area contributed by atoms with Crippen molar-refractivity contribution in [3.8, 4) is 17.2 Å². The molecule has 1 amide bonds. The lowest BCUT2D eigenvalue weighted by Crippen LogP contribution is -2.24. The van der Waals surface area contributed by atoms with Crippen LogP contribution in [0.4, 0.5) is 0 Å². The van der Waals surface area contributed by atoms with Crippen LogP contribution in [-0.4, -0.2) is 30.9 Å². The third kappa shape index (κ3) is 4.73. The van der Waals surface area contributed by atoms with Crippen molar-refractivity contribution in [3.05, 3.63) is 52.0 Å². The second-order valence-electron chi connectivity index (χ2n) is 4.89. The van der Waals surface area contributed by atoms with E-state index in [4.69, 9.17) is 9.47 Å². The minimum absolute atomic E-state index is 0.131. The first-order valence-electron chi connectivity index (χ1n) is 7.08. The van der Waals surface area contributed by atoms with Crippen LogP contribution in [0.2, 0.25) is 0 Å². The summed E-state index contributed by atoms with van der Waals surface area (Å²) in [7, 11) is 1.52. The molecule has 0 heterocycles. The summed E-state index contributed by atoms with van der Waals surface area (Å²) in [5, 5.41) is 13.7. The molecule has 0 aromatic heterocycles. The normalized spacial score (nSPS) is 10.6. The summed E-state index contributed by atoms with van der Waals surface area (Å²) in [4.78, 5) is 11.8. The minimum Gasteiger partial charge on any atom is -0.507 e. The van der Waals surface area contributed by atoms with Gasteiger partial charge in [-0.25, -0.2) is 5.43 Å². The highest BCUT2D eigenvalue weighted by Gasteiger charge is 2.08. The van der Waals surface area contributed by atoms with Gasteiger partial charge in [0.05, 0.1) is 13.3 Å². The first kappa shape index (κ1) is 17.8. The van der Waals surface area contributed by atoms with Crippen molar-refractivity contribution in [1.82, 2.24) is 5.43 Å². The fraction of sp³-hybridized carbons (Fsp3) is 0.176. The molecule has 0 aliphatic heterocycles. The molecule has 0 saturated carbocycles. The van der Waals surface area contributed by atoms with Crippen LogP contribution in [0.25, 0.3) is 0 Å². The molecule has 0 aliphatic carbocycles. The Hall–Kier alpha value is -2.54. The predicted molar refractivity (Wildman–Crippen MR) is 94.8 cm³/mol. The van der Waals surface area contributed by atoms with E-state index in [2.05, 4.69) is 26.5 Å². The molecule has 2 aromatic carbocycles. The average molecular weight is 393 g/mol. The lowest BCUT2D eigenvalue weighted by atomic mass is 10.1. The van der Waals surface area contributed by atoms with Crippen LogP contribution in [0, 0.1) is 6.92 Å². The van der Waals surface area contributed by atoms with Crippen LogP contribution >= 0.6 is 15.9 Å². The zero-order valence-electron chi connectivity index (χ0n) is 13.2. The van der Waals surface area contributed by atoms with Gasteiger partial charge >= 0.3 is 0 Å². The molecular weight excluding hydrogens is 376 g/mol. The zero-order chi connectivity index (χ0) is 17.5. The number of benzene rings is 2. The number of halogens is 1. The van der Waals surface area contributed by atoms with Gasteiger partial charge in [-0.05, 0) is 36.8 Å². The van der Waals surface area contributed by atoms with E-state index in [0.717, 1.165) is 10.0 Å². The smallest absolute Gasteiger partial charge is 0.277 e. The number of hydrogen-bond acceptors (Lipinski definition) is 5. The van der Waals surface area contributed by atoms with Gasteiger partial charge in [0, 0.05) is 10.0 Å². The first-order chi connectivity index (χ1) is 11.5. The van der Waals surface area contributed by atoms with Crippen LogP contribution in [0.15, 0.2) is 46.0 Å². The van der Waals surface area contributed by atoms with Gasteiger partial charge in [-0.2, -0.15) is 5.10 Å². The fourth-order valence-electron chi connectivity index (χ4n) is 1.90. The van der Waals surface area contributed by atoms with Gasteiger partial charge in [0.2, 0.25) is 0 Å². The maximum absolute atomic E-state index is 11.8. The number of hydrazone groups is 1. The highest BCUT2D eigenvalue weighted by Crippen LogP contribution is 2.30. The summed E-state index contributed by atoms with van der Waals surface area (Å²) in [6.45, 7) is 1.57. The van der Waals surface area contributed by atoms with Crippen molar-refractivity contribution in [2.45, 2.75) is 6.92 Å². The molecule has 2 N–H and O–H groups in total. The van der Waals surface area contributed by atoms with E-state index in [1.165, 1.54) is 13.3 Å². The van der Waals surface area contributed by atoms with E-state index in [0.29, 0.717) is 17.1 Å². The number of ether oxygens (including phenoxy) is 2. The van der Waals surface area contributed by atoms with E-state index in [1.54, 1.807) is 43.3 Å². The summed E-state index contributed by atoms with van der Waals surface area (Å²) in [6.07, 6.45) is 1.38. The maximum atomic E-state index is 11.8. The summed E-state index contributed by atoms with van der Waals surface area (Å²) >= 11 is 3.33. The highest BCUT2D eigenvalue weighted by molar-refractivity contribution is 9.10. The van der Waals surface area contributed by atoms with Gasteiger partial charge in [0.25, 0.3) is 5.91 Å². The molecular formula is C17H17BrN2O4. The van der Waals surface area contributed by atoms with Crippen LogP contribution in [0.3, 0.4) is 0 Å². The molecule has 0 bridgehead atoms. The Morgan fingerprint density at radius 2 is 2.12 bits per heavy atom. The van der Waals surface area contributed by atoms with Crippen molar-refractivity contribution < 1.29 is 19.4 Å². The molecule has 0 spiro atoms. The quantitative estimate of drug-likeness (QED) is 0.584. The lowest BCUT2D eigenvalue weighted by Gasteiger charge is -2.10. The van der Waals surface area contributed by atoms with Crippen molar-refractivity contribution in [2.75, 3.05) is 13.7 Å². The number of methoxy groups -OCH3 is 1. The van der Waals surface area contributed by atoms with Crippen LogP contribution in [-0.2, 0) is 4.79 Å². The van der Waals surface area contributed by atoms with Crippen molar-refractivity contribution in [2.24, 2.45) is 5.10 Å². The zero-order valence-corrected chi connectivity index (χ0v) is 14.8. The second kappa shape index (κ2) is 8.35. The van der Waals surface area contributed by atoms with E-state index in [9.17, 15) is 9.90 Å². The molecule has 0 saturated heterocycles. The number of phenols is 1. The summed E-state index contributed by atoms with van der Waals surface area (Å²) in [5.74, 6) is 0.677. The molecule has 6 nitrogen and oxygen atoms in total. The Bertz CT molecular complexity index is 762. The average Bonchev–Trinajstić information content (AvgIpc) is 2.57. The number of amides is 1. The Morgan fingerprint density at radius 1 is 1.33 bits per heavy atom. The fourth-order valence-corrected chi connectivity index (χ4v) is 2.24. The molecule has 2 aromatic rings. The van der Waals surface area contributed by atoms with Crippen LogP contribution < -0.4 is 14.9 Å². The van der Waals surface area contributed by atoms with Gasteiger partial charge in [-0.3, -0.25) is 4.79 Å². The molecule has 2 rings (SSSR count). The molecule has 7 heteroatoms. The van der Waals surface area contributed by atoms with E-state index in [1.807, 2.05) is 0 Å². The van der Waals surface area contributed by atoms with E-state index in [-0.39, 0.29) is 12.4 Å². The third-order valence-electron chi connectivity index (χ3n) is 3.15. The number of para-hydroxylation sites is 1. The van der Waals surface area contributed by atoms with Crippen molar-refractivity contribution >= 4 is 28.1 Å². The number of hydrogen-bond donors (Lipinski definition) is 2. The van der Waals surface area contributed by atoms with Gasteiger partial charge < -0.3 is 14.6 Å². The number of nitrogens with one attached hydrogen (secondary N) is 1. The third-order valence-corrected chi connectivity index (χ3v) is 3.64. The molecule has 0 radical (unpaired) electrons. The maximum Gasteiger partial charge on any atom is 0.277 e. The number of phenolic OH excluding ortho intramolecular Hbond substituents is 1. The van der Waals surface area contributed by atoms with Gasteiger partial charge in [-0.15, -0.1) is 0 Å². The number of carbonyl (C=O) groups excluding carboxylic acids is 1. The topological polar surface area (TPSA) is 80.2 Å². The Labute approximate surface area is 148 Å². The number of aromatic hydroxyl groups is 1. The molecule has 0 atom stereocenters. The number of nitrogens with zero attached hydrogens (tertiary/aromatic N) is 1. The molecule has 0 fully saturated rings. The lowest BCUT2D eigenvalue weighted by molar-refractivity contribution is -0.123. The number of aryl methyl sites for hydroxylation is 1. The standard InChI is InChI=1S/C17H17BrN2O4/c1-11-4-3-5-12(17(11)22)9-19-20-16(21)10-24-14-7-6-13(18)8-15(14)23-2/h3-9,22H,10H2,1-2H3,(H,20,21)/b19-9-. The summed E-state index contributed by atoms with van der Waals surface area (Å²) in [6, 6.07) is 10.5. The van der Waals surface area contributed by atoms with Gasteiger partial charge in [-0.1, -0.05) is 28.1 Å². The second-order valence-corrected chi connectivity index (χ2v) is 5.81. The number of carbonyl (C=O) groups is 1. The first-order valence-corrected chi connectivity index (χ1v) is 7.87. The summed E-state index contributed by atoms with van der Waals surface area (Å²) < 4.78 is 11.4. The molecule has 24 heavy (non-hydrogen) atoms. The van der Waals surface area contributed by atoms with Crippen LogP contribution in [0.5, 0.6) is 17.2 Å². The Morgan fingerprint density at radius 3 is 2.88 bits per heavy atom. The minimum atomic E-state index is -0.427. The van der Waals surface area contributed by atoms with E-state index >= 15 is 0 Å². The monoisotopic (exact) mass is 392 g/mol. The highest BCUT2D eigenvalue weighted by atomic mass is 79.9. The molecule has 0 unspecified atom stereocenters. The Kier molecular flexibility index (Phi) is 6.20. The predicted octanol–water partition coefficient (Wildman–Crippen LogP) is 3.00. The van der Waals surface area contributed by atoms with Crippen molar-refractivity contribution in [3.63, 3.8) is 0 Å². The van der Waals surface area contributed by atoms with Gasteiger partial charge in [0.15, 0.2) is 18.1 Å². The number of rotatable bonds is 6. The molecule has 126 valence electrons. The van der Waals surface area contributed by atoms with E-state index < -0.39 is 5.91 Å². The molecule has 0 aliphatic rings. The van der Waals surface area contributed by atoms with Gasteiger partial charge in [0.1, 0.15) is 5.75 Å².